The maximum absolute atomic E-state index is 9.33. The highest BCUT2D eigenvalue weighted by Crippen LogP contribution is 2.31. The summed E-state index contributed by atoms with van der Waals surface area (Å²) in [5, 5.41) is 28.0. The molecular weight excluding hydrogens is 294 g/mol. The van der Waals surface area contributed by atoms with Gasteiger partial charge in [0.05, 0.1) is 24.3 Å². The highest BCUT2D eigenvalue weighted by Gasteiger charge is 2.16. The number of aliphatic hydroxyl groups excluding tert-OH is 2. The number of pyridine rings is 1. The average molecular weight is 311 g/mol. The van der Waals surface area contributed by atoms with Gasteiger partial charge in [0.1, 0.15) is 5.69 Å². The lowest BCUT2D eigenvalue weighted by Crippen LogP contribution is -1.98. The Kier molecular flexibility index (Phi) is 4.20. The first-order valence-corrected chi connectivity index (χ1v) is 7.14. The Morgan fingerprint density at radius 2 is 1.96 bits per heavy atom. The number of aromatic nitrogens is 3. The summed E-state index contributed by atoms with van der Waals surface area (Å²) in [7, 11) is 1.88. The molecule has 2 aromatic heterocycles. The Balaban J connectivity index is 2.14. The van der Waals surface area contributed by atoms with Crippen LogP contribution in [0.2, 0.25) is 0 Å². The fourth-order valence-corrected chi connectivity index (χ4v) is 2.51. The number of imidazole rings is 1. The molecule has 2 heterocycles. The molecule has 0 fully saturated rings. The fourth-order valence-electron chi connectivity index (χ4n) is 2.51. The Morgan fingerprint density at radius 3 is 2.70 bits per heavy atom. The zero-order valence-corrected chi connectivity index (χ0v) is 12.6. The maximum Gasteiger partial charge on any atom is 0.178 e. The van der Waals surface area contributed by atoms with Gasteiger partial charge in [0, 0.05) is 24.4 Å². The van der Waals surface area contributed by atoms with Crippen molar-refractivity contribution in [3.63, 3.8) is 0 Å². The van der Waals surface area contributed by atoms with E-state index in [1.807, 2.05) is 35.9 Å². The van der Waals surface area contributed by atoms with Crippen molar-refractivity contribution in [2.75, 3.05) is 0 Å². The summed E-state index contributed by atoms with van der Waals surface area (Å²) in [5.41, 5.74) is 4.12. The van der Waals surface area contributed by atoms with Gasteiger partial charge in [-0.2, -0.15) is 0 Å². The third-order valence-corrected chi connectivity index (χ3v) is 3.64. The second-order valence-corrected chi connectivity index (χ2v) is 5.26. The number of nitrogens with zero attached hydrogens (tertiary/aromatic N) is 3. The molecular formula is C17H17N3O3. The molecule has 0 aliphatic carbocycles. The van der Waals surface area contributed by atoms with Crippen LogP contribution in [-0.4, -0.2) is 29.9 Å². The van der Waals surface area contributed by atoms with Crippen molar-refractivity contribution in [2.45, 2.75) is 12.9 Å². The highest BCUT2D eigenvalue weighted by molar-refractivity contribution is 5.77. The lowest BCUT2D eigenvalue weighted by molar-refractivity contribution is -0.0425. The predicted octanol–water partition coefficient (Wildman–Crippen LogP) is 1.62. The largest absolute Gasteiger partial charge is 0.392 e. The van der Waals surface area contributed by atoms with E-state index in [-0.39, 0.29) is 6.61 Å². The second-order valence-electron chi connectivity index (χ2n) is 5.26. The highest BCUT2D eigenvalue weighted by atomic mass is 16.5. The van der Waals surface area contributed by atoms with Crippen LogP contribution in [0.3, 0.4) is 0 Å². The van der Waals surface area contributed by atoms with Gasteiger partial charge in [0.2, 0.25) is 0 Å². The molecule has 0 saturated carbocycles. The molecule has 0 radical (unpaired) electrons. The summed E-state index contributed by atoms with van der Waals surface area (Å²) in [5.74, 6) is 0. The van der Waals surface area contributed by atoms with Crippen LogP contribution in [0.25, 0.3) is 22.6 Å². The molecule has 0 spiro atoms. The Bertz CT molecular complexity index is 827. The molecule has 0 aliphatic heterocycles. The first-order chi connectivity index (χ1) is 11.1. The van der Waals surface area contributed by atoms with Crippen molar-refractivity contribution in [1.82, 2.24) is 14.5 Å². The summed E-state index contributed by atoms with van der Waals surface area (Å²) < 4.78 is 1.87. The van der Waals surface area contributed by atoms with E-state index in [1.54, 1.807) is 18.5 Å². The van der Waals surface area contributed by atoms with E-state index in [1.165, 1.54) is 6.20 Å². The average Bonchev–Trinajstić information content (AvgIpc) is 2.96. The lowest BCUT2D eigenvalue weighted by Gasteiger charge is -2.09. The Labute approximate surface area is 133 Å². The van der Waals surface area contributed by atoms with E-state index in [4.69, 9.17) is 0 Å². The molecule has 0 aliphatic rings. The SMILES string of the molecule is Cn1cnc(-c2cc(C(O)O)ccn2)c1-c1cccc(CO)c1. The van der Waals surface area contributed by atoms with E-state index in [2.05, 4.69) is 9.97 Å². The number of rotatable bonds is 4. The van der Waals surface area contributed by atoms with Gasteiger partial charge in [-0.05, 0) is 23.8 Å². The van der Waals surface area contributed by atoms with Crippen LogP contribution in [0, 0.1) is 0 Å². The van der Waals surface area contributed by atoms with Crippen LogP contribution in [0.15, 0.2) is 48.9 Å². The number of hydrogen-bond acceptors (Lipinski definition) is 5. The molecule has 0 bridgehead atoms. The number of benzene rings is 1. The van der Waals surface area contributed by atoms with Crippen LogP contribution >= 0.6 is 0 Å². The molecule has 0 saturated heterocycles. The van der Waals surface area contributed by atoms with E-state index in [0.29, 0.717) is 17.0 Å². The third kappa shape index (κ3) is 3.00. The first kappa shape index (κ1) is 15.4. The van der Waals surface area contributed by atoms with Crippen molar-refractivity contribution in [3.8, 4) is 22.6 Å². The quantitative estimate of drug-likeness (QED) is 0.637. The lowest BCUT2D eigenvalue weighted by atomic mass is 10.0. The van der Waals surface area contributed by atoms with Crippen molar-refractivity contribution in [2.24, 2.45) is 7.05 Å². The number of hydrogen-bond donors (Lipinski definition) is 3. The Morgan fingerprint density at radius 1 is 1.13 bits per heavy atom. The summed E-state index contributed by atoms with van der Waals surface area (Å²) in [4.78, 5) is 8.68. The van der Waals surface area contributed by atoms with Crippen LogP contribution < -0.4 is 0 Å². The van der Waals surface area contributed by atoms with Crippen molar-refractivity contribution >= 4 is 0 Å². The second kappa shape index (κ2) is 6.29. The molecule has 0 unspecified atom stereocenters. The van der Waals surface area contributed by atoms with E-state index < -0.39 is 6.29 Å². The Hall–Kier alpha value is -2.54. The minimum atomic E-state index is -1.55. The van der Waals surface area contributed by atoms with Crippen LogP contribution in [0.1, 0.15) is 17.4 Å². The van der Waals surface area contributed by atoms with Gasteiger partial charge in [-0.3, -0.25) is 4.98 Å². The van der Waals surface area contributed by atoms with Gasteiger partial charge < -0.3 is 19.9 Å². The van der Waals surface area contributed by atoms with Gasteiger partial charge in [0.15, 0.2) is 6.29 Å². The summed E-state index contributed by atoms with van der Waals surface area (Å²) in [6.45, 7) is -0.0362. The van der Waals surface area contributed by atoms with Crippen molar-refractivity contribution in [1.29, 1.82) is 0 Å². The van der Waals surface area contributed by atoms with Gasteiger partial charge in [0.25, 0.3) is 0 Å². The van der Waals surface area contributed by atoms with Gasteiger partial charge >= 0.3 is 0 Å². The smallest absolute Gasteiger partial charge is 0.178 e. The third-order valence-electron chi connectivity index (χ3n) is 3.64. The minimum absolute atomic E-state index is 0.0362. The van der Waals surface area contributed by atoms with Crippen LogP contribution in [0.5, 0.6) is 0 Å². The maximum atomic E-state index is 9.33. The molecule has 1 aromatic carbocycles. The van der Waals surface area contributed by atoms with Crippen molar-refractivity contribution < 1.29 is 15.3 Å². The van der Waals surface area contributed by atoms with E-state index in [0.717, 1.165) is 16.8 Å². The number of aliphatic hydroxyl groups is 3. The number of aryl methyl sites for hydroxylation is 1. The van der Waals surface area contributed by atoms with Gasteiger partial charge in [-0.15, -0.1) is 0 Å². The summed E-state index contributed by atoms with van der Waals surface area (Å²) in [6.07, 6.45) is 1.65. The zero-order chi connectivity index (χ0) is 16.4. The molecule has 0 amide bonds. The standard InChI is InChI=1S/C17H17N3O3/c1-20-10-19-15(14-8-13(17(22)23)5-6-18-14)16(20)12-4-2-3-11(7-12)9-21/h2-8,10,17,21-23H,9H2,1H3. The molecule has 0 atom stereocenters. The summed E-state index contributed by atoms with van der Waals surface area (Å²) in [6, 6.07) is 10.7. The van der Waals surface area contributed by atoms with Gasteiger partial charge in [-0.1, -0.05) is 18.2 Å². The normalized spacial score (nSPS) is 11.2. The molecule has 6 nitrogen and oxygen atoms in total. The fraction of sp³-hybridized carbons (Fsp3) is 0.176. The molecule has 118 valence electrons. The predicted molar refractivity (Wildman–Crippen MR) is 85.0 cm³/mol. The monoisotopic (exact) mass is 311 g/mol. The first-order valence-electron chi connectivity index (χ1n) is 7.14. The van der Waals surface area contributed by atoms with Crippen LogP contribution in [-0.2, 0) is 13.7 Å². The van der Waals surface area contributed by atoms with Crippen LogP contribution in [0.4, 0.5) is 0 Å². The molecule has 6 heteroatoms. The van der Waals surface area contributed by atoms with E-state index >= 15 is 0 Å². The molecule has 3 rings (SSSR count). The zero-order valence-electron chi connectivity index (χ0n) is 12.6. The van der Waals surface area contributed by atoms with Gasteiger partial charge in [-0.25, -0.2) is 4.98 Å². The summed E-state index contributed by atoms with van der Waals surface area (Å²) >= 11 is 0. The molecule has 3 aromatic rings. The minimum Gasteiger partial charge on any atom is -0.392 e. The topological polar surface area (TPSA) is 91.4 Å². The van der Waals surface area contributed by atoms with Crippen molar-refractivity contribution in [3.05, 3.63) is 60.0 Å². The van der Waals surface area contributed by atoms with E-state index in [9.17, 15) is 15.3 Å². The molecule has 3 N–H and O–H groups in total. The molecule has 23 heavy (non-hydrogen) atoms.